The number of ether oxygens (including phenoxy) is 1. The highest BCUT2D eigenvalue weighted by molar-refractivity contribution is 7.89. The van der Waals surface area contributed by atoms with Crippen LogP contribution in [0.2, 0.25) is 0 Å². The van der Waals surface area contributed by atoms with E-state index in [1.54, 1.807) is 18.3 Å². The van der Waals surface area contributed by atoms with Crippen molar-refractivity contribution in [2.45, 2.75) is 44.3 Å². The molecule has 0 amide bonds. The molecule has 3 aromatic rings. The smallest absolute Gasteiger partial charge is 0.238 e. The molecule has 1 saturated heterocycles. The third-order valence-corrected chi connectivity index (χ3v) is 6.69. The summed E-state index contributed by atoms with van der Waals surface area (Å²) in [5.41, 5.74) is 3.46. The van der Waals surface area contributed by atoms with E-state index in [0.717, 1.165) is 54.3 Å². The molecule has 32 heavy (non-hydrogen) atoms. The van der Waals surface area contributed by atoms with E-state index in [4.69, 9.17) is 9.88 Å². The molecule has 0 spiro atoms. The lowest BCUT2D eigenvalue weighted by Crippen LogP contribution is -2.37. The van der Waals surface area contributed by atoms with Gasteiger partial charge in [0.05, 0.1) is 17.6 Å². The van der Waals surface area contributed by atoms with Gasteiger partial charge in [-0.2, -0.15) is 0 Å². The van der Waals surface area contributed by atoms with Crippen molar-refractivity contribution < 1.29 is 13.2 Å². The number of hydrogen-bond acceptors (Lipinski definition) is 6. The lowest BCUT2D eigenvalue weighted by atomic mass is 10.0. The Balaban J connectivity index is 1.36. The van der Waals surface area contributed by atoms with Crippen LogP contribution in [0.1, 0.15) is 29.8 Å². The summed E-state index contributed by atoms with van der Waals surface area (Å²) in [5, 5.41) is 5.40. The Hall–Kier alpha value is -2.81. The van der Waals surface area contributed by atoms with Crippen molar-refractivity contribution in [3.05, 3.63) is 71.7 Å². The lowest BCUT2D eigenvalue weighted by Gasteiger charge is -2.32. The summed E-state index contributed by atoms with van der Waals surface area (Å²) in [4.78, 5) is 11.1. The van der Waals surface area contributed by atoms with Gasteiger partial charge in [-0.3, -0.25) is 0 Å². The quantitative estimate of drug-likeness (QED) is 0.614. The van der Waals surface area contributed by atoms with Crippen LogP contribution in [0.5, 0.6) is 0 Å². The van der Waals surface area contributed by atoms with Crippen LogP contribution < -0.4 is 10.0 Å². The molecule has 1 fully saturated rings. The molecule has 4 rings (SSSR count). The predicted octanol–water partition coefficient (Wildman–Crippen LogP) is 3.59. The SMILES string of the molecule is Cc1ccc(S(N)(=O)=O)c(-c2ccc(COC3CCN(c4ccnc(C)n4)CC3)cc2)c1. The van der Waals surface area contributed by atoms with Gasteiger partial charge in [0.1, 0.15) is 11.6 Å². The minimum atomic E-state index is -3.80. The van der Waals surface area contributed by atoms with Crippen molar-refractivity contribution >= 4 is 15.8 Å². The molecule has 2 N–H and O–H groups in total. The topological polar surface area (TPSA) is 98.4 Å². The van der Waals surface area contributed by atoms with Crippen molar-refractivity contribution in [2.24, 2.45) is 5.14 Å². The molecule has 7 nitrogen and oxygen atoms in total. The minimum absolute atomic E-state index is 0.137. The fraction of sp³-hybridized carbons (Fsp3) is 0.333. The van der Waals surface area contributed by atoms with Gasteiger partial charge in [0.2, 0.25) is 10.0 Å². The molecule has 0 aliphatic carbocycles. The highest BCUT2D eigenvalue weighted by atomic mass is 32.2. The van der Waals surface area contributed by atoms with Crippen LogP contribution in [0.15, 0.2) is 59.6 Å². The van der Waals surface area contributed by atoms with E-state index in [-0.39, 0.29) is 11.0 Å². The maximum atomic E-state index is 12.0. The first-order valence-electron chi connectivity index (χ1n) is 10.7. The standard InChI is InChI=1S/C24H28N4O3S/c1-17-3-8-23(32(25,29)30)22(15-17)20-6-4-19(5-7-20)16-31-21-10-13-28(14-11-21)24-9-12-26-18(2)27-24/h3-9,12,15,21H,10-11,13-14,16H2,1-2H3,(H2,25,29,30). The van der Waals surface area contributed by atoms with E-state index < -0.39 is 10.0 Å². The molecule has 0 atom stereocenters. The number of rotatable bonds is 6. The van der Waals surface area contributed by atoms with Gasteiger partial charge in [-0.1, -0.05) is 42.0 Å². The van der Waals surface area contributed by atoms with Crippen molar-refractivity contribution in [2.75, 3.05) is 18.0 Å². The second kappa shape index (κ2) is 9.36. The largest absolute Gasteiger partial charge is 0.373 e. The molecular formula is C24H28N4O3S. The Kier molecular flexibility index (Phi) is 6.55. The number of aromatic nitrogens is 2. The van der Waals surface area contributed by atoms with Gasteiger partial charge in [-0.25, -0.2) is 23.5 Å². The Morgan fingerprint density at radius 1 is 1.06 bits per heavy atom. The Labute approximate surface area is 189 Å². The van der Waals surface area contributed by atoms with Crippen molar-refractivity contribution in [1.82, 2.24) is 9.97 Å². The number of hydrogen-bond donors (Lipinski definition) is 1. The van der Waals surface area contributed by atoms with Crippen LogP contribution in [0, 0.1) is 13.8 Å². The van der Waals surface area contributed by atoms with Crippen LogP contribution in [0.3, 0.4) is 0 Å². The minimum Gasteiger partial charge on any atom is -0.373 e. The summed E-state index contributed by atoms with van der Waals surface area (Å²) in [5.74, 6) is 1.76. The number of sulfonamides is 1. The third-order valence-electron chi connectivity index (χ3n) is 5.72. The van der Waals surface area contributed by atoms with Gasteiger partial charge in [0, 0.05) is 24.8 Å². The molecule has 0 saturated carbocycles. The van der Waals surface area contributed by atoms with E-state index in [1.807, 2.05) is 50.2 Å². The number of primary sulfonamides is 1. The molecular weight excluding hydrogens is 424 g/mol. The monoisotopic (exact) mass is 452 g/mol. The van der Waals surface area contributed by atoms with Crippen LogP contribution in [-0.4, -0.2) is 37.6 Å². The molecule has 1 aromatic heterocycles. The maximum Gasteiger partial charge on any atom is 0.238 e. The summed E-state index contributed by atoms with van der Waals surface area (Å²) in [7, 11) is -3.80. The summed E-state index contributed by atoms with van der Waals surface area (Å²) < 4.78 is 30.1. The van der Waals surface area contributed by atoms with E-state index in [0.29, 0.717) is 12.2 Å². The zero-order valence-electron chi connectivity index (χ0n) is 18.4. The van der Waals surface area contributed by atoms with Gasteiger partial charge in [0.15, 0.2) is 0 Å². The first kappa shape index (κ1) is 22.4. The normalized spacial score (nSPS) is 15.2. The Morgan fingerprint density at radius 2 is 1.78 bits per heavy atom. The molecule has 0 bridgehead atoms. The zero-order chi connectivity index (χ0) is 22.7. The average molecular weight is 453 g/mol. The first-order chi connectivity index (χ1) is 15.3. The van der Waals surface area contributed by atoms with Gasteiger partial charge in [0.25, 0.3) is 0 Å². The van der Waals surface area contributed by atoms with E-state index >= 15 is 0 Å². The highest BCUT2D eigenvalue weighted by Crippen LogP contribution is 2.28. The third kappa shape index (κ3) is 5.32. The van der Waals surface area contributed by atoms with E-state index in [2.05, 4.69) is 14.9 Å². The average Bonchev–Trinajstić information content (AvgIpc) is 2.77. The summed E-state index contributed by atoms with van der Waals surface area (Å²) in [6.45, 7) is 6.16. The summed E-state index contributed by atoms with van der Waals surface area (Å²) >= 11 is 0. The molecule has 0 radical (unpaired) electrons. The highest BCUT2D eigenvalue weighted by Gasteiger charge is 2.21. The first-order valence-corrected chi connectivity index (χ1v) is 12.2. The fourth-order valence-electron chi connectivity index (χ4n) is 3.98. The van der Waals surface area contributed by atoms with Gasteiger partial charge in [-0.15, -0.1) is 0 Å². The van der Waals surface area contributed by atoms with Crippen LogP contribution in [0.4, 0.5) is 5.82 Å². The van der Waals surface area contributed by atoms with Gasteiger partial charge < -0.3 is 9.64 Å². The predicted molar refractivity (Wildman–Crippen MR) is 125 cm³/mol. The molecule has 2 aromatic carbocycles. The number of aryl methyl sites for hydroxylation is 2. The van der Waals surface area contributed by atoms with Crippen molar-refractivity contribution in [1.29, 1.82) is 0 Å². The maximum absolute atomic E-state index is 12.0. The number of anilines is 1. The second-order valence-corrected chi connectivity index (χ2v) is 9.73. The number of nitrogens with zero attached hydrogens (tertiary/aromatic N) is 3. The Bertz CT molecular complexity index is 1190. The fourth-order valence-corrected chi connectivity index (χ4v) is 4.72. The lowest BCUT2D eigenvalue weighted by molar-refractivity contribution is 0.0250. The molecule has 8 heteroatoms. The van der Waals surface area contributed by atoms with Gasteiger partial charge in [-0.05, 0) is 49.9 Å². The second-order valence-electron chi connectivity index (χ2n) is 8.20. The summed E-state index contributed by atoms with van der Waals surface area (Å²) in [6, 6.07) is 14.9. The molecule has 1 aliphatic rings. The summed E-state index contributed by atoms with van der Waals surface area (Å²) in [6.07, 6.45) is 3.90. The molecule has 1 aliphatic heterocycles. The molecule has 0 unspecified atom stereocenters. The number of benzene rings is 2. The number of piperidine rings is 1. The molecule has 2 heterocycles. The van der Waals surface area contributed by atoms with Crippen LogP contribution in [-0.2, 0) is 21.4 Å². The number of nitrogens with two attached hydrogens (primary N) is 1. The molecule has 168 valence electrons. The zero-order valence-corrected chi connectivity index (χ0v) is 19.2. The van der Waals surface area contributed by atoms with E-state index in [9.17, 15) is 8.42 Å². The van der Waals surface area contributed by atoms with Crippen LogP contribution in [0.25, 0.3) is 11.1 Å². The Morgan fingerprint density at radius 3 is 2.44 bits per heavy atom. The van der Waals surface area contributed by atoms with Crippen LogP contribution >= 0.6 is 0 Å². The van der Waals surface area contributed by atoms with Gasteiger partial charge >= 0.3 is 0 Å². The van der Waals surface area contributed by atoms with E-state index in [1.165, 1.54) is 0 Å². The van der Waals surface area contributed by atoms with Crippen molar-refractivity contribution in [3.63, 3.8) is 0 Å². The van der Waals surface area contributed by atoms with Crippen molar-refractivity contribution in [3.8, 4) is 11.1 Å².